The molecular weight excluding hydrogens is 229 g/mol. The van der Waals surface area contributed by atoms with Gasteiger partial charge in [-0.15, -0.1) is 0 Å². The van der Waals surface area contributed by atoms with E-state index in [4.69, 9.17) is 0 Å². The van der Waals surface area contributed by atoms with Crippen LogP contribution in [-0.4, -0.2) is 29.9 Å². The first-order chi connectivity index (χ1) is 7.50. The van der Waals surface area contributed by atoms with Gasteiger partial charge < -0.3 is 14.8 Å². The standard InChI is InChI=1S/C12H23NO3.Na/c1-4-5-6-7-8-9-11(14)13(3)10(2)12(15)16;/h10H,4-9H2,1-3H3,(H,15,16);/q;+1/p-1. The molecule has 4 nitrogen and oxygen atoms in total. The average molecular weight is 251 g/mol. The normalized spacial score (nSPS) is 11.5. The Hall–Kier alpha value is -0.0600. The number of carbonyl (C=O) groups excluding carboxylic acids is 2. The molecule has 5 heteroatoms. The molecule has 0 aromatic carbocycles. The molecule has 17 heavy (non-hydrogen) atoms. The van der Waals surface area contributed by atoms with E-state index in [1.807, 2.05) is 0 Å². The van der Waals surface area contributed by atoms with Crippen molar-refractivity contribution in [2.24, 2.45) is 0 Å². The molecule has 0 bridgehead atoms. The van der Waals surface area contributed by atoms with Gasteiger partial charge in [0.25, 0.3) is 0 Å². The summed E-state index contributed by atoms with van der Waals surface area (Å²) in [4.78, 5) is 23.4. The zero-order valence-corrected chi connectivity index (χ0v) is 13.5. The molecule has 0 aliphatic rings. The van der Waals surface area contributed by atoms with Crippen LogP contribution >= 0.6 is 0 Å². The van der Waals surface area contributed by atoms with E-state index in [0.717, 1.165) is 19.3 Å². The van der Waals surface area contributed by atoms with Crippen LogP contribution in [0.4, 0.5) is 0 Å². The minimum absolute atomic E-state index is 0. The molecule has 0 aromatic rings. The molecule has 1 amide bonds. The van der Waals surface area contributed by atoms with Crippen LogP contribution in [0.15, 0.2) is 0 Å². The molecule has 0 aliphatic heterocycles. The number of likely N-dealkylation sites (N-methyl/N-ethyl adjacent to an activating group) is 1. The van der Waals surface area contributed by atoms with Crippen LogP contribution in [0, 0.1) is 0 Å². The number of carboxylic acids is 1. The quantitative estimate of drug-likeness (QED) is 0.368. The summed E-state index contributed by atoms with van der Waals surface area (Å²) in [5, 5.41) is 10.6. The van der Waals surface area contributed by atoms with Gasteiger partial charge >= 0.3 is 29.6 Å². The molecule has 0 heterocycles. The molecule has 0 saturated heterocycles. The van der Waals surface area contributed by atoms with E-state index >= 15 is 0 Å². The van der Waals surface area contributed by atoms with Gasteiger partial charge in [0.2, 0.25) is 5.91 Å². The fourth-order valence-corrected chi connectivity index (χ4v) is 1.43. The van der Waals surface area contributed by atoms with Gasteiger partial charge in [-0.1, -0.05) is 32.6 Å². The fourth-order valence-electron chi connectivity index (χ4n) is 1.43. The SMILES string of the molecule is CCCCCCCC(=O)N(C)C(C)C(=O)[O-].[Na+]. The number of aliphatic carboxylic acids is 1. The Labute approximate surface area is 126 Å². The predicted molar refractivity (Wildman–Crippen MR) is 60.6 cm³/mol. The van der Waals surface area contributed by atoms with Crippen molar-refractivity contribution in [2.45, 2.75) is 58.4 Å². The molecule has 1 unspecified atom stereocenters. The second kappa shape index (κ2) is 11.1. The number of hydrogen-bond donors (Lipinski definition) is 0. The monoisotopic (exact) mass is 251 g/mol. The Morgan fingerprint density at radius 3 is 2.18 bits per heavy atom. The maximum absolute atomic E-state index is 11.6. The van der Waals surface area contributed by atoms with E-state index in [0.29, 0.717) is 6.42 Å². The molecule has 0 spiro atoms. The van der Waals surface area contributed by atoms with E-state index in [1.54, 1.807) is 0 Å². The van der Waals surface area contributed by atoms with E-state index in [1.165, 1.54) is 31.7 Å². The minimum atomic E-state index is -1.21. The zero-order valence-electron chi connectivity index (χ0n) is 11.5. The summed E-state index contributed by atoms with van der Waals surface area (Å²) >= 11 is 0. The number of hydrogen-bond acceptors (Lipinski definition) is 3. The van der Waals surface area contributed by atoms with Gasteiger partial charge in [0.15, 0.2) is 0 Å². The Balaban J connectivity index is 0. The van der Waals surface area contributed by atoms with E-state index in [2.05, 4.69) is 6.92 Å². The second-order valence-electron chi connectivity index (χ2n) is 4.16. The zero-order chi connectivity index (χ0) is 12.6. The summed E-state index contributed by atoms with van der Waals surface area (Å²) in [7, 11) is 1.51. The van der Waals surface area contributed by atoms with Gasteiger partial charge in [-0.05, 0) is 13.3 Å². The van der Waals surface area contributed by atoms with Crippen molar-refractivity contribution in [3.63, 3.8) is 0 Å². The molecule has 94 valence electrons. The van der Waals surface area contributed by atoms with Crippen molar-refractivity contribution in [3.8, 4) is 0 Å². The van der Waals surface area contributed by atoms with Crippen molar-refractivity contribution in [3.05, 3.63) is 0 Å². The summed E-state index contributed by atoms with van der Waals surface area (Å²) in [6, 6.07) is -0.844. The van der Waals surface area contributed by atoms with Gasteiger partial charge in [-0.25, -0.2) is 0 Å². The van der Waals surface area contributed by atoms with Crippen molar-refractivity contribution in [1.29, 1.82) is 0 Å². The Morgan fingerprint density at radius 1 is 1.18 bits per heavy atom. The van der Waals surface area contributed by atoms with Crippen LogP contribution in [0.5, 0.6) is 0 Å². The molecule has 0 rings (SSSR count). The third-order valence-electron chi connectivity index (χ3n) is 2.81. The largest absolute Gasteiger partial charge is 1.00 e. The number of carbonyl (C=O) groups is 2. The van der Waals surface area contributed by atoms with E-state index in [9.17, 15) is 14.7 Å². The summed E-state index contributed by atoms with van der Waals surface area (Å²) in [6.07, 6.45) is 5.81. The molecule has 0 saturated carbocycles. The number of rotatable bonds is 8. The third kappa shape index (κ3) is 8.63. The van der Waals surface area contributed by atoms with Crippen molar-refractivity contribution >= 4 is 11.9 Å². The summed E-state index contributed by atoms with van der Waals surface area (Å²) in [6.45, 7) is 3.60. The predicted octanol–water partition coefficient (Wildman–Crippen LogP) is -2.05. The van der Waals surface area contributed by atoms with Gasteiger partial charge in [0.05, 0.1) is 12.0 Å². The summed E-state index contributed by atoms with van der Waals surface area (Å²) < 4.78 is 0. The molecule has 0 aliphatic carbocycles. The average Bonchev–Trinajstić information content (AvgIpc) is 2.26. The van der Waals surface area contributed by atoms with Crippen LogP contribution in [0.25, 0.3) is 0 Å². The van der Waals surface area contributed by atoms with E-state index in [-0.39, 0.29) is 35.5 Å². The van der Waals surface area contributed by atoms with Gasteiger partial charge in [0.1, 0.15) is 0 Å². The van der Waals surface area contributed by atoms with Crippen molar-refractivity contribution < 1.29 is 44.3 Å². The smallest absolute Gasteiger partial charge is 0.548 e. The third-order valence-corrected chi connectivity index (χ3v) is 2.81. The summed E-state index contributed by atoms with van der Waals surface area (Å²) in [5.74, 6) is -1.32. The van der Waals surface area contributed by atoms with Gasteiger partial charge in [-0.2, -0.15) is 0 Å². The summed E-state index contributed by atoms with van der Waals surface area (Å²) in [5.41, 5.74) is 0. The van der Waals surface area contributed by atoms with Crippen LogP contribution < -0.4 is 34.7 Å². The maximum atomic E-state index is 11.6. The number of amides is 1. The van der Waals surface area contributed by atoms with Crippen LogP contribution in [-0.2, 0) is 9.59 Å². The molecule has 0 radical (unpaired) electrons. The topological polar surface area (TPSA) is 60.4 Å². The number of carboxylic acid groups (broad SMARTS) is 1. The molecule has 0 aromatic heterocycles. The Morgan fingerprint density at radius 2 is 1.71 bits per heavy atom. The maximum Gasteiger partial charge on any atom is 1.00 e. The van der Waals surface area contributed by atoms with Crippen LogP contribution in [0.3, 0.4) is 0 Å². The van der Waals surface area contributed by atoms with Crippen LogP contribution in [0.2, 0.25) is 0 Å². The van der Waals surface area contributed by atoms with Crippen molar-refractivity contribution in [1.82, 2.24) is 4.90 Å². The molecule has 0 fully saturated rings. The van der Waals surface area contributed by atoms with E-state index < -0.39 is 12.0 Å². The number of unbranched alkanes of at least 4 members (excludes halogenated alkanes) is 4. The Kier molecular flexibility index (Phi) is 12.5. The Bertz CT molecular complexity index is 234. The van der Waals surface area contributed by atoms with Crippen LogP contribution in [0.1, 0.15) is 52.4 Å². The minimum Gasteiger partial charge on any atom is -0.548 e. The van der Waals surface area contributed by atoms with Gasteiger partial charge in [0, 0.05) is 13.5 Å². The molecule has 0 N–H and O–H groups in total. The first-order valence-corrected chi connectivity index (χ1v) is 5.97. The number of nitrogens with zero attached hydrogens (tertiary/aromatic N) is 1. The molecular formula is C12H22NNaO3. The molecule has 1 atom stereocenters. The first-order valence-electron chi connectivity index (χ1n) is 5.97. The van der Waals surface area contributed by atoms with Gasteiger partial charge in [-0.3, -0.25) is 4.79 Å². The first kappa shape index (κ1) is 19.3. The van der Waals surface area contributed by atoms with Crippen molar-refractivity contribution in [2.75, 3.05) is 7.05 Å². The fraction of sp³-hybridized carbons (Fsp3) is 0.833. The second-order valence-corrected chi connectivity index (χ2v) is 4.16.